The number of thiophene rings is 1. The molecule has 180 valence electrons. The number of hydrogen-bond donors (Lipinski definition) is 0. The van der Waals surface area contributed by atoms with Crippen molar-refractivity contribution in [2.45, 2.75) is 27.3 Å². The third kappa shape index (κ3) is 5.22. The summed E-state index contributed by atoms with van der Waals surface area (Å²) in [6.45, 7) is 7.85. The van der Waals surface area contributed by atoms with Crippen molar-refractivity contribution in [1.29, 1.82) is 0 Å². The zero-order valence-electron chi connectivity index (χ0n) is 19.6. The van der Waals surface area contributed by atoms with E-state index in [0.29, 0.717) is 44.2 Å². The molecule has 0 bridgehead atoms. The van der Waals surface area contributed by atoms with E-state index in [1.165, 1.54) is 16.9 Å². The van der Waals surface area contributed by atoms with E-state index in [2.05, 4.69) is 29.4 Å². The number of rotatable bonds is 6. The summed E-state index contributed by atoms with van der Waals surface area (Å²) in [7, 11) is 0. The predicted octanol–water partition coefficient (Wildman–Crippen LogP) is 3.22. The molecule has 1 saturated heterocycles. The van der Waals surface area contributed by atoms with Crippen molar-refractivity contribution in [3.63, 3.8) is 0 Å². The number of piperazine rings is 1. The summed E-state index contributed by atoms with van der Waals surface area (Å²) in [5.74, 6) is -0.805. The summed E-state index contributed by atoms with van der Waals surface area (Å²) in [6, 6.07) is 10.0. The van der Waals surface area contributed by atoms with Gasteiger partial charge in [-0.1, -0.05) is 29.8 Å². The van der Waals surface area contributed by atoms with Crippen molar-refractivity contribution in [3.05, 3.63) is 52.0 Å². The summed E-state index contributed by atoms with van der Waals surface area (Å²) in [5, 5.41) is 5.52. The average molecular weight is 485 g/mol. The molecule has 9 nitrogen and oxygen atoms in total. The average Bonchev–Trinajstić information content (AvgIpc) is 3.40. The Hall–Kier alpha value is -3.40. The molecule has 0 saturated carbocycles. The van der Waals surface area contributed by atoms with E-state index in [9.17, 15) is 14.4 Å². The van der Waals surface area contributed by atoms with E-state index in [1.54, 1.807) is 22.8 Å². The number of fused-ring (bicyclic) bond motifs is 1. The second-order valence-electron chi connectivity index (χ2n) is 8.20. The lowest BCUT2D eigenvalue weighted by molar-refractivity contribution is -0.136. The van der Waals surface area contributed by atoms with Crippen LogP contribution in [0.2, 0.25) is 0 Å². The van der Waals surface area contributed by atoms with Gasteiger partial charge in [0.25, 0.3) is 5.91 Å². The molecule has 1 aliphatic rings. The molecule has 3 aromatic rings. The fraction of sp³-hybridized carbons (Fsp3) is 0.417. The van der Waals surface area contributed by atoms with Crippen molar-refractivity contribution < 1.29 is 23.9 Å². The third-order valence-electron chi connectivity index (χ3n) is 5.75. The van der Waals surface area contributed by atoms with Gasteiger partial charge in [0, 0.05) is 31.6 Å². The topological polar surface area (TPSA) is 94.0 Å². The summed E-state index contributed by atoms with van der Waals surface area (Å²) >= 11 is 1.31. The van der Waals surface area contributed by atoms with Gasteiger partial charge in [-0.2, -0.15) is 5.10 Å². The molecule has 34 heavy (non-hydrogen) atoms. The highest BCUT2D eigenvalue weighted by atomic mass is 32.1. The van der Waals surface area contributed by atoms with Crippen molar-refractivity contribution >= 4 is 39.5 Å². The number of aryl methyl sites for hydroxylation is 2. The molecule has 0 unspecified atom stereocenters. The lowest BCUT2D eigenvalue weighted by atomic mass is 10.1. The molecule has 1 aromatic carbocycles. The monoisotopic (exact) mass is 484 g/mol. The molecule has 4 rings (SSSR count). The smallest absolute Gasteiger partial charge is 0.409 e. The molecule has 10 heteroatoms. The second kappa shape index (κ2) is 10.3. The van der Waals surface area contributed by atoms with Crippen molar-refractivity contribution in [1.82, 2.24) is 19.6 Å². The number of carbonyl (C=O) groups is 3. The first-order valence-corrected chi connectivity index (χ1v) is 12.1. The number of hydrogen-bond acceptors (Lipinski definition) is 7. The van der Waals surface area contributed by atoms with Crippen molar-refractivity contribution in [2.24, 2.45) is 0 Å². The number of carbonyl (C=O) groups excluding carboxylic acids is 3. The van der Waals surface area contributed by atoms with Gasteiger partial charge in [-0.05, 0) is 32.4 Å². The SMILES string of the molecule is CCOC(=O)N1CCN(C(=O)COC(=O)c2cc3c(C)nn(Cc4ccc(C)cc4)c3s2)CC1. The van der Waals surface area contributed by atoms with Gasteiger partial charge < -0.3 is 19.3 Å². The van der Waals surface area contributed by atoms with Crippen LogP contribution in [0.5, 0.6) is 0 Å². The van der Waals surface area contributed by atoms with Gasteiger partial charge >= 0.3 is 12.1 Å². The van der Waals surface area contributed by atoms with Gasteiger partial charge in [-0.25, -0.2) is 9.59 Å². The summed E-state index contributed by atoms with van der Waals surface area (Å²) < 4.78 is 12.2. The molecular weight excluding hydrogens is 456 g/mol. The van der Waals surface area contributed by atoms with Gasteiger partial charge in [0.15, 0.2) is 6.61 Å². The van der Waals surface area contributed by atoms with Gasteiger partial charge in [0.1, 0.15) is 9.71 Å². The van der Waals surface area contributed by atoms with E-state index in [0.717, 1.165) is 21.5 Å². The van der Waals surface area contributed by atoms with Gasteiger partial charge in [0.05, 0.1) is 18.8 Å². The minimum Gasteiger partial charge on any atom is -0.451 e. The molecule has 3 heterocycles. The van der Waals surface area contributed by atoms with Crippen LogP contribution in [0.1, 0.15) is 33.4 Å². The normalized spacial score (nSPS) is 13.9. The number of aromatic nitrogens is 2. The van der Waals surface area contributed by atoms with E-state index in [-0.39, 0.29) is 18.6 Å². The first-order valence-electron chi connectivity index (χ1n) is 11.2. The van der Waals surface area contributed by atoms with Gasteiger partial charge in [0.2, 0.25) is 0 Å². The van der Waals surface area contributed by atoms with E-state index < -0.39 is 5.97 Å². The van der Waals surface area contributed by atoms with Crippen molar-refractivity contribution in [3.8, 4) is 0 Å². The summed E-state index contributed by atoms with van der Waals surface area (Å²) in [4.78, 5) is 41.4. The maximum atomic E-state index is 12.6. The predicted molar refractivity (Wildman–Crippen MR) is 128 cm³/mol. The number of benzene rings is 1. The molecule has 0 N–H and O–H groups in total. The molecule has 1 aliphatic heterocycles. The Morgan fingerprint density at radius 3 is 2.35 bits per heavy atom. The molecule has 0 atom stereocenters. The van der Waals surface area contributed by atoms with E-state index in [1.807, 2.05) is 18.5 Å². The first kappa shape index (κ1) is 23.7. The highest BCUT2D eigenvalue weighted by molar-refractivity contribution is 7.20. The second-order valence-corrected chi connectivity index (χ2v) is 9.23. The molecule has 2 aromatic heterocycles. The summed E-state index contributed by atoms with van der Waals surface area (Å²) in [5.41, 5.74) is 3.16. The zero-order valence-corrected chi connectivity index (χ0v) is 20.4. The Bertz CT molecular complexity index is 1190. The lowest BCUT2D eigenvalue weighted by Crippen LogP contribution is -2.51. The molecule has 0 aliphatic carbocycles. The lowest BCUT2D eigenvalue weighted by Gasteiger charge is -2.33. The standard InChI is InChI=1S/C24H28N4O5S/c1-4-32-24(31)27-11-9-26(10-12-27)21(29)15-33-23(30)20-13-19-17(3)25-28(22(19)34-20)14-18-7-5-16(2)6-8-18/h5-8,13H,4,9-12,14-15H2,1-3H3. The Morgan fingerprint density at radius 1 is 1.00 bits per heavy atom. The Kier molecular flexibility index (Phi) is 7.16. The van der Waals surface area contributed by atoms with Crippen LogP contribution in [0, 0.1) is 13.8 Å². The van der Waals surface area contributed by atoms with Gasteiger partial charge in [-0.15, -0.1) is 11.3 Å². The van der Waals surface area contributed by atoms with Crippen LogP contribution < -0.4 is 0 Å². The molecule has 1 fully saturated rings. The molecule has 0 spiro atoms. The van der Waals surface area contributed by atoms with E-state index in [4.69, 9.17) is 9.47 Å². The van der Waals surface area contributed by atoms with Crippen LogP contribution in [0.4, 0.5) is 4.79 Å². The largest absolute Gasteiger partial charge is 0.451 e. The van der Waals surface area contributed by atoms with Gasteiger partial charge in [-0.3, -0.25) is 9.48 Å². The first-order chi connectivity index (χ1) is 16.4. The minimum absolute atomic E-state index is 0.278. The Labute approximate surface area is 201 Å². The highest BCUT2D eigenvalue weighted by Gasteiger charge is 2.26. The highest BCUT2D eigenvalue weighted by Crippen LogP contribution is 2.29. The number of amides is 2. The van der Waals surface area contributed by atoms with Crippen molar-refractivity contribution in [2.75, 3.05) is 39.4 Å². The fourth-order valence-corrected chi connectivity index (χ4v) is 4.88. The molecule has 2 amide bonds. The number of nitrogens with zero attached hydrogens (tertiary/aromatic N) is 4. The quantitative estimate of drug-likeness (QED) is 0.499. The zero-order chi connectivity index (χ0) is 24.2. The van der Waals surface area contributed by atoms with Crippen LogP contribution in [0.25, 0.3) is 10.2 Å². The Balaban J connectivity index is 1.35. The number of ether oxygens (including phenoxy) is 2. The van der Waals surface area contributed by atoms with Crippen LogP contribution in [-0.2, 0) is 20.8 Å². The maximum Gasteiger partial charge on any atom is 0.409 e. The molecular formula is C24H28N4O5S. The molecule has 0 radical (unpaired) electrons. The van der Waals surface area contributed by atoms with Crippen LogP contribution >= 0.6 is 11.3 Å². The van der Waals surface area contributed by atoms with Crippen LogP contribution in [-0.4, -0.2) is 76.9 Å². The Morgan fingerprint density at radius 2 is 1.68 bits per heavy atom. The fourth-order valence-electron chi connectivity index (χ4n) is 3.83. The van der Waals surface area contributed by atoms with E-state index >= 15 is 0 Å². The van der Waals surface area contributed by atoms with Crippen LogP contribution in [0.15, 0.2) is 30.3 Å². The summed E-state index contributed by atoms with van der Waals surface area (Å²) in [6.07, 6.45) is -0.373. The number of esters is 1. The van der Waals surface area contributed by atoms with Crippen LogP contribution in [0.3, 0.4) is 0 Å². The minimum atomic E-state index is -0.527. The third-order valence-corrected chi connectivity index (χ3v) is 6.88. The maximum absolute atomic E-state index is 12.6.